The number of unbranched alkanes of at least 4 members (excludes halogenated alkanes) is 1. The number of imidazole rings is 1. The third-order valence-electron chi connectivity index (χ3n) is 10.6. The van der Waals surface area contributed by atoms with Crippen LogP contribution in [-0.2, 0) is 43.2 Å². The summed E-state index contributed by atoms with van der Waals surface area (Å²) in [6.45, 7) is 2.25. The third kappa shape index (κ3) is 10.5. The van der Waals surface area contributed by atoms with Crippen LogP contribution in [0.1, 0.15) is 49.4 Å². The van der Waals surface area contributed by atoms with Gasteiger partial charge in [-0.1, -0.05) is 36.4 Å². The molecule has 1 aliphatic rings. The Morgan fingerprint density at radius 1 is 0.733 bits per heavy atom. The van der Waals surface area contributed by atoms with Gasteiger partial charge >= 0.3 is 6.03 Å². The second-order valence-electron chi connectivity index (χ2n) is 15.0. The molecule has 2 aromatic carbocycles. The number of aromatic amines is 3. The maximum atomic E-state index is 14.4. The molecule has 1 aliphatic heterocycles. The predicted octanol–water partition coefficient (Wildman–Crippen LogP) is 0.344. The molecule has 5 atom stereocenters. The number of nitrogens with two attached hydrogens (primary N) is 3. The number of carbonyl (C=O) groups is 6. The van der Waals surface area contributed by atoms with Gasteiger partial charge in [0.1, 0.15) is 24.2 Å². The van der Waals surface area contributed by atoms with Crippen molar-refractivity contribution in [1.29, 1.82) is 0 Å². The Morgan fingerprint density at radius 2 is 1.35 bits per heavy atom. The van der Waals surface area contributed by atoms with Crippen LogP contribution in [0.5, 0.6) is 0 Å². The number of hydrogen-bond acceptors (Lipinski definition) is 9. The van der Waals surface area contributed by atoms with Crippen molar-refractivity contribution >= 4 is 57.4 Å². The number of carbonyl (C=O) groups excluding carboxylic acids is 6. The van der Waals surface area contributed by atoms with E-state index >= 15 is 0 Å². The van der Waals surface area contributed by atoms with Gasteiger partial charge in [0.25, 0.3) is 5.91 Å². The van der Waals surface area contributed by atoms with Crippen molar-refractivity contribution in [2.75, 3.05) is 19.6 Å². The normalized spacial score (nSPS) is 15.2. The van der Waals surface area contributed by atoms with Crippen molar-refractivity contribution < 1.29 is 28.8 Å². The maximum absolute atomic E-state index is 14.4. The number of primary amides is 1. The van der Waals surface area contributed by atoms with E-state index in [1.165, 1.54) is 23.3 Å². The van der Waals surface area contributed by atoms with Crippen LogP contribution in [0.2, 0.25) is 0 Å². The fraction of sp³-hybridized carbons (Fsp3) is 0.390. The third-order valence-corrected chi connectivity index (χ3v) is 10.6. The molecular weight excluding hydrogens is 771 g/mol. The molecule has 0 bridgehead atoms. The minimum absolute atomic E-state index is 0.0394. The smallest absolute Gasteiger partial charge is 0.336 e. The zero-order chi connectivity index (χ0) is 42.8. The fourth-order valence-electron chi connectivity index (χ4n) is 7.36. The SMILES string of the molecule is C[C@H](NC(=O)[C@H](Cc1c[nH]c2ccccc12)NC(=O)[C@@H](N)Cc1cnc[nH]1)C(=O)N[C@@H](Cc1c[nH]c2ccccc12)C(=O)N1CCCN1C(=O)N[C@@H](CCCCN)C(N)=O. The molecule has 4 heterocycles. The van der Waals surface area contributed by atoms with Crippen molar-refractivity contribution in [3.05, 3.63) is 90.3 Å². The summed E-state index contributed by atoms with van der Waals surface area (Å²) in [6, 6.07) is 8.87. The number of fused-ring (bicyclic) bond motifs is 2. The first-order chi connectivity index (χ1) is 28.9. The van der Waals surface area contributed by atoms with E-state index in [0.29, 0.717) is 31.5 Å². The lowest BCUT2D eigenvalue weighted by molar-refractivity contribution is -0.144. The zero-order valence-corrected chi connectivity index (χ0v) is 33.4. The Balaban J connectivity index is 1.19. The van der Waals surface area contributed by atoms with Crippen LogP contribution in [-0.4, -0.2) is 115 Å². The van der Waals surface area contributed by atoms with Crippen LogP contribution < -0.4 is 38.5 Å². The number of benzene rings is 2. The molecule has 1 fully saturated rings. The lowest BCUT2D eigenvalue weighted by atomic mass is 10.0. The van der Waals surface area contributed by atoms with Crippen LogP contribution in [0.4, 0.5) is 4.79 Å². The van der Waals surface area contributed by atoms with E-state index in [9.17, 15) is 28.8 Å². The molecule has 0 radical (unpaired) electrons. The number of H-pyrrole nitrogens is 3. The molecule has 6 rings (SSSR count). The van der Waals surface area contributed by atoms with E-state index in [1.54, 1.807) is 18.6 Å². The summed E-state index contributed by atoms with van der Waals surface area (Å²) in [7, 11) is 0. The fourth-order valence-corrected chi connectivity index (χ4v) is 7.36. The van der Waals surface area contributed by atoms with E-state index in [0.717, 1.165) is 32.9 Å². The maximum Gasteiger partial charge on any atom is 0.336 e. The van der Waals surface area contributed by atoms with Crippen LogP contribution in [0.25, 0.3) is 21.8 Å². The molecule has 0 spiro atoms. The van der Waals surface area contributed by atoms with E-state index in [2.05, 4.69) is 41.2 Å². The first kappa shape index (κ1) is 42.9. The number of nitrogens with zero attached hydrogens (tertiary/aromatic N) is 3. The summed E-state index contributed by atoms with van der Waals surface area (Å²) in [5.41, 5.74) is 21.2. The number of rotatable bonds is 19. The van der Waals surface area contributed by atoms with Gasteiger partial charge in [0, 0.05) is 78.4 Å². The summed E-state index contributed by atoms with van der Waals surface area (Å²) < 4.78 is 0. The topological polar surface area (TPSA) is 295 Å². The quantitative estimate of drug-likeness (QED) is 0.0513. The van der Waals surface area contributed by atoms with E-state index in [1.807, 2.05) is 48.5 Å². The molecule has 19 heteroatoms. The highest BCUT2D eigenvalue weighted by Gasteiger charge is 2.38. The lowest BCUT2D eigenvalue weighted by Crippen LogP contribution is -2.60. The van der Waals surface area contributed by atoms with Crippen molar-refractivity contribution in [1.82, 2.24) is 51.2 Å². The Morgan fingerprint density at radius 3 is 1.97 bits per heavy atom. The highest BCUT2D eigenvalue weighted by molar-refractivity contribution is 5.96. The minimum Gasteiger partial charge on any atom is -0.368 e. The molecule has 13 N–H and O–H groups in total. The first-order valence-corrected chi connectivity index (χ1v) is 20.1. The summed E-state index contributed by atoms with van der Waals surface area (Å²) in [6.07, 6.45) is 8.75. The molecule has 5 aromatic rings. The first-order valence-electron chi connectivity index (χ1n) is 20.1. The molecule has 7 amide bonds. The number of aromatic nitrogens is 4. The summed E-state index contributed by atoms with van der Waals surface area (Å²) in [5.74, 6) is -3.20. The second kappa shape index (κ2) is 19.8. The van der Waals surface area contributed by atoms with Gasteiger partial charge in [-0.15, -0.1) is 0 Å². The average Bonchev–Trinajstić information content (AvgIpc) is 4.08. The van der Waals surface area contributed by atoms with Crippen LogP contribution in [0, 0.1) is 0 Å². The summed E-state index contributed by atoms with van der Waals surface area (Å²) in [5, 5.41) is 15.1. The average molecular weight is 824 g/mol. The minimum atomic E-state index is -1.19. The predicted molar refractivity (Wildman–Crippen MR) is 223 cm³/mol. The Bertz CT molecular complexity index is 2290. The molecule has 1 saturated heterocycles. The molecule has 0 aliphatic carbocycles. The van der Waals surface area contributed by atoms with Gasteiger partial charge < -0.3 is 53.4 Å². The van der Waals surface area contributed by atoms with Gasteiger partial charge in [-0.2, -0.15) is 0 Å². The van der Waals surface area contributed by atoms with Crippen molar-refractivity contribution in [3.8, 4) is 0 Å². The van der Waals surface area contributed by atoms with Gasteiger partial charge in [-0.25, -0.2) is 19.8 Å². The number of hydrazine groups is 1. The number of hydrogen-bond donors (Lipinski definition) is 10. The van der Waals surface area contributed by atoms with Gasteiger partial charge in [-0.3, -0.25) is 24.0 Å². The van der Waals surface area contributed by atoms with Crippen LogP contribution >= 0.6 is 0 Å². The van der Waals surface area contributed by atoms with Crippen molar-refractivity contribution in [2.24, 2.45) is 17.2 Å². The molecular formula is C41H53N13O6. The van der Waals surface area contributed by atoms with Gasteiger partial charge in [-0.05, 0) is 62.4 Å². The molecule has 3 aromatic heterocycles. The van der Waals surface area contributed by atoms with Gasteiger partial charge in [0.05, 0.1) is 12.4 Å². The lowest BCUT2D eigenvalue weighted by Gasteiger charge is -2.32. The molecule has 60 heavy (non-hydrogen) atoms. The number of urea groups is 1. The van der Waals surface area contributed by atoms with Crippen molar-refractivity contribution in [3.63, 3.8) is 0 Å². The summed E-state index contributed by atoms with van der Waals surface area (Å²) >= 11 is 0. The number of nitrogens with one attached hydrogen (secondary N) is 7. The number of para-hydroxylation sites is 2. The monoisotopic (exact) mass is 823 g/mol. The van der Waals surface area contributed by atoms with E-state index in [4.69, 9.17) is 17.2 Å². The largest absolute Gasteiger partial charge is 0.368 e. The summed E-state index contributed by atoms with van der Waals surface area (Å²) in [4.78, 5) is 94.8. The van der Waals surface area contributed by atoms with Gasteiger partial charge in [0.15, 0.2) is 0 Å². The Labute approximate surface area is 345 Å². The van der Waals surface area contributed by atoms with Gasteiger partial charge in [0.2, 0.25) is 23.6 Å². The Hall–Kier alpha value is -6.73. The van der Waals surface area contributed by atoms with E-state index < -0.39 is 65.8 Å². The zero-order valence-electron chi connectivity index (χ0n) is 33.4. The van der Waals surface area contributed by atoms with E-state index in [-0.39, 0.29) is 38.8 Å². The Kier molecular flexibility index (Phi) is 14.2. The highest BCUT2D eigenvalue weighted by Crippen LogP contribution is 2.22. The standard InChI is InChI=1S/C41H53N13O6/c1-24(49-39(58)34(17-25-20-46-31-11-4-2-9-28(25)31)50-38(57)30(43)19-27-22-45-23-48-27)37(56)51-35(18-26-21-47-32-12-5-3-10-29(26)32)40(59)53-15-8-16-54(53)41(60)52-33(36(44)55)13-6-7-14-42/h2-5,9-12,20-24,30,33-35,46-47H,6-8,13-19,42-43H2,1H3,(H2,44,55)(H,45,48)(H,49,58)(H,50,57)(H,51,56)(H,52,60)/t24-,30-,33-,34-,35-/m0/s1. The molecule has 0 saturated carbocycles. The van der Waals surface area contributed by atoms with Crippen LogP contribution in [0.15, 0.2) is 73.4 Å². The molecule has 19 nitrogen and oxygen atoms in total. The van der Waals surface area contributed by atoms with Crippen LogP contribution in [0.3, 0.4) is 0 Å². The number of amides is 7. The van der Waals surface area contributed by atoms with Crippen molar-refractivity contribution in [2.45, 2.75) is 82.1 Å². The molecule has 318 valence electrons. The second-order valence-corrected chi connectivity index (χ2v) is 15.0. The molecule has 0 unspecified atom stereocenters. The highest BCUT2D eigenvalue weighted by atomic mass is 16.2.